The van der Waals surface area contributed by atoms with Gasteiger partial charge in [-0.3, -0.25) is 0 Å². The van der Waals surface area contributed by atoms with Crippen LogP contribution in [0.1, 0.15) is 6.42 Å². The Bertz CT molecular complexity index is 55.1. The number of hydrogen-bond acceptors (Lipinski definition) is 5. The van der Waals surface area contributed by atoms with E-state index in [0.29, 0.717) is 0 Å². The van der Waals surface area contributed by atoms with E-state index in [0.717, 1.165) is 13.2 Å². The Morgan fingerprint density at radius 2 is 1.11 bits per heavy atom. The van der Waals surface area contributed by atoms with E-state index < -0.39 is 9.05 Å². The molecule has 56 valence electrons. The lowest BCUT2D eigenvalue weighted by Gasteiger charge is -2.09. The van der Waals surface area contributed by atoms with Crippen molar-refractivity contribution in [2.24, 2.45) is 0 Å². The van der Waals surface area contributed by atoms with Crippen LogP contribution in [0.25, 0.3) is 0 Å². The lowest BCUT2D eigenvalue weighted by molar-refractivity contribution is 0.0367. The Labute approximate surface area is 53.6 Å². The molecule has 0 bridgehead atoms. The fourth-order valence-electron chi connectivity index (χ4n) is 0.144. The van der Waals surface area contributed by atoms with Gasteiger partial charge in [0.05, 0.1) is 0 Å². The third kappa shape index (κ3) is 18.0. The molecule has 0 saturated carbocycles. The predicted molar refractivity (Wildman–Crippen MR) is 30.1 cm³/mol. The lowest BCUT2D eigenvalue weighted by atomic mass is 10.4. The van der Waals surface area contributed by atoms with Gasteiger partial charge in [0.1, 0.15) is 0 Å². The quantitative estimate of drug-likeness (QED) is 0.297. The molecule has 9 heavy (non-hydrogen) atoms. The second-order valence-electron chi connectivity index (χ2n) is 1.57. The number of rotatable bonds is 0. The topological polar surface area (TPSA) is 90.2 Å². The molecule has 4 N–H and O–H groups in total. The van der Waals surface area contributed by atoms with E-state index >= 15 is 0 Å². The molecule has 1 fully saturated rings. The lowest BCUT2D eigenvalue weighted by Crippen LogP contribution is -2.33. The molecule has 0 spiro atoms. The summed E-state index contributed by atoms with van der Waals surface area (Å²) in [7, 11) is -4.61. The molecule has 0 aromatic rings. The fourth-order valence-corrected chi connectivity index (χ4v) is 0.144. The summed E-state index contributed by atoms with van der Waals surface area (Å²) in [5.41, 5.74) is 0. The van der Waals surface area contributed by atoms with E-state index in [1.54, 1.807) is 0 Å². The molecule has 0 aromatic carbocycles. The molecule has 5 nitrogen and oxygen atoms in total. The van der Waals surface area contributed by atoms with Crippen molar-refractivity contribution in [3.8, 4) is 0 Å². The predicted octanol–water partition coefficient (Wildman–Crippen LogP) is -2.20. The van der Waals surface area contributed by atoms with Gasteiger partial charge in [-0.25, -0.2) is 0 Å². The van der Waals surface area contributed by atoms with Crippen LogP contribution < -0.4 is 0 Å². The molecule has 0 aliphatic carbocycles. The van der Waals surface area contributed by atoms with Crippen molar-refractivity contribution in [2.45, 2.75) is 6.42 Å². The molecule has 1 aliphatic rings. The average Bonchev–Trinajstić information content (AvgIpc) is 1.12. The Morgan fingerprint density at radius 1 is 1.00 bits per heavy atom. The van der Waals surface area contributed by atoms with E-state index in [1.807, 2.05) is 0 Å². The summed E-state index contributed by atoms with van der Waals surface area (Å²) >= 11 is 0. The van der Waals surface area contributed by atoms with Crippen LogP contribution in [-0.2, 0) is 4.74 Å². The van der Waals surface area contributed by atoms with Crippen LogP contribution in [-0.4, -0.2) is 41.4 Å². The highest BCUT2D eigenvalue weighted by molar-refractivity contribution is 6.46. The van der Waals surface area contributed by atoms with Crippen LogP contribution in [0, 0.1) is 0 Å². The minimum Gasteiger partial charge on any atom is -0.381 e. The fraction of sp³-hybridized carbons (Fsp3) is 1.00. The van der Waals surface area contributed by atoms with Crippen molar-refractivity contribution in [2.75, 3.05) is 13.2 Å². The van der Waals surface area contributed by atoms with Gasteiger partial charge in [0.15, 0.2) is 0 Å². The van der Waals surface area contributed by atoms with Gasteiger partial charge in [-0.2, -0.15) is 0 Å². The molecular weight excluding hydrogens is 144 g/mol. The maximum Gasteiger partial charge on any atom is 0.668 e. The van der Waals surface area contributed by atoms with Gasteiger partial charge < -0.3 is 23.9 Å². The van der Waals surface area contributed by atoms with E-state index in [9.17, 15) is 0 Å². The molecule has 6 heteroatoms. The van der Waals surface area contributed by atoms with Gasteiger partial charge in [0, 0.05) is 13.2 Å². The number of hydrogen-bond donors (Lipinski definition) is 4. The summed E-state index contributed by atoms with van der Waals surface area (Å²) in [4.78, 5) is 29.3. The molecule has 1 heterocycles. The monoisotopic (exact) mass is 154 g/mol. The first-order valence-electron chi connectivity index (χ1n) is 2.47. The maximum atomic E-state index is 7.33. The van der Waals surface area contributed by atoms with Crippen LogP contribution in [0.5, 0.6) is 0 Å². The highest BCUT2D eigenvalue weighted by Gasteiger charge is 2.22. The van der Waals surface area contributed by atoms with Crippen molar-refractivity contribution in [3.63, 3.8) is 0 Å². The van der Waals surface area contributed by atoms with Gasteiger partial charge in [0.25, 0.3) is 0 Å². The molecule has 1 rings (SSSR count). The van der Waals surface area contributed by atoms with Gasteiger partial charge in [-0.1, -0.05) is 0 Å². The summed E-state index contributed by atoms with van der Waals surface area (Å²) in [5.74, 6) is 0. The van der Waals surface area contributed by atoms with Crippen LogP contribution in [0.3, 0.4) is 0 Å². The highest BCUT2D eigenvalue weighted by Crippen LogP contribution is 1.93. The Balaban J connectivity index is 0.000000144. The smallest absolute Gasteiger partial charge is 0.381 e. The summed E-state index contributed by atoms with van der Waals surface area (Å²) < 4.78 is 4.72. The second kappa shape index (κ2) is 3.93. The first-order valence-corrected chi connectivity index (χ1v) is 4.26. The average molecular weight is 154 g/mol. The molecule has 0 radical (unpaired) electrons. The van der Waals surface area contributed by atoms with E-state index in [2.05, 4.69) is 0 Å². The third-order valence-corrected chi connectivity index (χ3v) is 0.577. The summed E-state index contributed by atoms with van der Waals surface area (Å²) in [6, 6.07) is 0. The summed E-state index contributed by atoms with van der Waals surface area (Å²) in [6.07, 6.45) is 1.28. The Hall–Kier alpha value is 0.0169. The Kier molecular flexibility index (Phi) is 3.94. The van der Waals surface area contributed by atoms with E-state index in [4.69, 9.17) is 23.9 Å². The number of ether oxygens (including phenoxy) is 1. The molecular formula is C3H10O5Si. The second-order valence-corrected chi connectivity index (χ2v) is 2.77. The first-order chi connectivity index (χ1) is 4.00. The standard InChI is InChI=1S/C3H6O.H4O4Si/c1-2-4-3-1;1-5(2,3)4/h1-3H2;1-4H. The van der Waals surface area contributed by atoms with Crippen molar-refractivity contribution < 1.29 is 23.9 Å². The van der Waals surface area contributed by atoms with Crippen LogP contribution >= 0.6 is 0 Å². The van der Waals surface area contributed by atoms with E-state index in [-0.39, 0.29) is 0 Å². The van der Waals surface area contributed by atoms with E-state index in [1.165, 1.54) is 6.42 Å². The minimum absolute atomic E-state index is 1.00. The van der Waals surface area contributed by atoms with Gasteiger partial charge >= 0.3 is 9.05 Å². The van der Waals surface area contributed by atoms with Crippen molar-refractivity contribution >= 4 is 9.05 Å². The molecule has 0 atom stereocenters. The normalized spacial score (nSPS) is 17.3. The zero-order valence-corrected chi connectivity index (χ0v) is 5.82. The molecule has 0 unspecified atom stereocenters. The van der Waals surface area contributed by atoms with Crippen molar-refractivity contribution in [1.82, 2.24) is 0 Å². The highest BCUT2D eigenvalue weighted by atomic mass is 28.4. The molecule has 0 amide bonds. The summed E-state index contributed by atoms with van der Waals surface area (Å²) in [5, 5.41) is 0. The van der Waals surface area contributed by atoms with Gasteiger partial charge in [-0.05, 0) is 6.42 Å². The first kappa shape index (κ1) is 9.02. The van der Waals surface area contributed by atoms with Crippen molar-refractivity contribution in [3.05, 3.63) is 0 Å². The molecule has 1 aliphatic heterocycles. The zero-order chi connectivity index (χ0) is 7.33. The largest absolute Gasteiger partial charge is 0.668 e. The van der Waals surface area contributed by atoms with Crippen molar-refractivity contribution in [1.29, 1.82) is 0 Å². The molecule has 0 aromatic heterocycles. The zero-order valence-electron chi connectivity index (χ0n) is 4.82. The van der Waals surface area contributed by atoms with Crippen LogP contribution in [0.15, 0.2) is 0 Å². The SMILES string of the molecule is C1COC1.O[Si](O)(O)O. The minimum atomic E-state index is -4.61. The van der Waals surface area contributed by atoms with Crippen LogP contribution in [0.2, 0.25) is 0 Å². The maximum absolute atomic E-state index is 7.33. The third-order valence-electron chi connectivity index (χ3n) is 0.577. The Morgan fingerprint density at radius 3 is 1.11 bits per heavy atom. The van der Waals surface area contributed by atoms with Gasteiger partial charge in [-0.15, -0.1) is 0 Å². The summed E-state index contributed by atoms with van der Waals surface area (Å²) in [6.45, 7) is 2.00. The molecule has 1 saturated heterocycles. The van der Waals surface area contributed by atoms with Gasteiger partial charge in [0.2, 0.25) is 0 Å². The van der Waals surface area contributed by atoms with Crippen LogP contribution in [0.4, 0.5) is 0 Å².